The van der Waals surface area contributed by atoms with E-state index < -0.39 is 0 Å². The summed E-state index contributed by atoms with van der Waals surface area (Å²) in [5.74, 6) is -0.270. The van der Waals surface area contributed by atoms with Crippen LogP contribution in [0.1, 0.15) is 11.1 Å². The lowest BCUT2D eigenvalue weighted by atomic mass is 10.1. The number of hydrogen-bond donors (Lipinski definition) is 2. The third-order valence-electron chi connectivity index (χ3n) is 5.03. The van der Waals surface area contributed by atoms with Gasteiger partial charge in [-0.1, -0.05) is 54.1 Å². The average molecular weight is 437 g/mol. The molecule has 0 aliphatic carbocycles. The van der Waals surface area contributed by atoms with Gasteiger partial charge in [-0.2, -0.15) is 5.10 Å². The molecule has 0 aliphatic heterocycles. The molecule has 0 bridgehead atoms. The first-order valence-electron chi connectivity index (χ1n) is 9.85. The van der Waals surface area contributed by atoms with Gasteiger partial charge in [0.05, 0.1) is 12.3 Å². The first kappa shape index (κ1) is 20.8. The largest absolute Gasteiger partial charge is 0.392 e. The van der Waals surface area contributed by atoms with Gasteiger partial charge in [0.1, 0.15) is 12.1 Å². The van der Waals surface area contributed by atoms with Crippen LogP contribution in [0.25, 0.3) is 16.8 Å². The van der Waals surface area contributed by atoms with Gasteiger partial charge >= 0.3 is 0 Å². The number of rotatable bonds is 7. The molecule has 0 saturated carbocycles. The molecule has 2 N–H and O–H groups in total. The van der Waals surface area contributed by atoms with Gasteiger partial charge in [0.2, 0.25) is 5.91 Å². The zero-order valence-electron chi connectivity index (χ0n) is 16.7. The first-order chi connectivity index (χ1) is 15.1. The highest BCUT2D eigenvalue weighted by molar-refractivity contribution is 6.30. The van der Waals surface area contributed by atoms with Crippen molar-refractivity contribution in [3.63, 3.8) is 0 Å². The summed E-state index contributed by atoms with van der Waals surface area (Å²) in [6, 6.07) is 16.8. The van der Waals surface area contributed by atoms with Crippen molar-refractivity contribution in [3.8, 4) is 11.3 Å². The van der Waals surface area contributed by atoms with Crippen LogP contribution in [0.4, 0.5) is 0 Å². The molecule has 4 aromatic rings. The Labute approximate surface area is 183 Å². The minimum Gasteiger partial charge on any atom is -0.392 e. The third kappa shape index (κ3) is 4.52. The molecule has 2 aromatic heterocycles. The van der Waals surface area contributed by atoms with Crippen molar-refractivity contribution in [1.29, 1.82) is 0 Å². The molecule has 4 rings (SSSR count). The van der Waals surface area contributed by atoms with Gasteiger partial charge in [0.15, 0.2) is 0 Å². The summed E-state index contributed by atoms with van der Waals surface area (Å²) < 4.78 is 2.77. The van der Waals surface area contributed by atoms with Crippen LogP contribution in [0.5, 0.6) is 0 Å². The first-order valence-corrected chi connectivity index (χ1v) is 10.2. The van der Waals surface area contributed by atoms with Crippen LogP contribution in [0.15, 0.2) is 71.8 Å². The second-order valence-electron chi connectivity index (χ2n) is 7.10. The Kier molecular flexibility index (Phi) is 6.16. The van der Waals surface area contributed by atoms with Crippen LogP contribution in [0.3, 0.4) is 0 Å². The number of amides is 1. The molecule has 0 spiro atoms. The number of nitrogens with zero attached hydrogens (tertiary/aromatic N) is 3. The van der Waals surface area contributed by atoms with Gasteiger partial charge < -0.3 is 15.0 Å². The molecule has 31 heavy (non-hydrogen) atoms. The maximum absolute atomic E-state index is 13.0. The fourth-order valence-electron chi connectivity index (χ4n) is 3.46. The molecule has 7 nitrogen and oxygen atoms in total. The van der Waals surface area contributed by atoms with Gasteiger partial charge in [0, 0.05) is 35.1 Å². The lowest BCUT2D eigenvalue weighted by Gasteiger charge is -2.08. The Morgan fingerprint density at radius 2 is 1.81 bits per heavy atom. The predicted molar refractivity (Wildman–Crippen MR) is 119 cm³/mol. The summed E-state index contributed by atoms with van der Waals surface area (Å²) in [5, 5.41) is 17.9. The molecule has 8 heteroatoms. The number of aromatic nitrogens is 3. The number of nitrogens with one attached hydrogen (secondary N) is 1. The topological polar surface area (TPSA) is 88.6 Å². The van der Waals surface area contributed by atoms with Gasteiger partial charge in [-0.15, -0.1) is 0 Å². The molecular weight excluding hydrogens is 416 g/mol. The molecular formula is C23H21ClN4O3. The number of benzene rings is 2. The SMILES string of the molecule is O=C(Cn1ccn2nc(-c3ccccc3)c(CO)c2c1=O)NCCc1ccc(Cl)cc1. The minimum absolute atomic E-state index is 0.118. The van der Waals surface area contributed by atoms with Crippen LogP contribution in [-0.2, 0) is 24.4 Å². The van der Waals surface area contributed by atoms with Crippen LogP contribution in [0.2, 0.25) is 5.02 Å². The minimum atomic E-state index is -0.380. The van der Waals surface area contributed by atoms with Crippen LogP contribution in [-0.4, -0.2) is 31.7 Å². The fourth-order valence-corrected chi connectivity index (χ4v) is 3.59. The van der Waals surface area contributed by atoms with Crippen molar-refractivity contribution >= 4 is 23.0 Å². The Bertz CT molecular complexity index is 1260. The van der Waals surface area contributed by atoms with E-state index in [1.807, 2.05) is 54.6 Å². The molecule has 0 aliphatic rings. The fraction of sp³-hybridized carbons (Fsp3) is 0.174. The Balaban J connectivity index is 1.51. The molecule has 2 aromatic carbocycles. The maximum atomic E-state index is 13.0. The van der Waals surface area contributed by atoms with Gasteiger partial charge in [0.25, 0.3) is 5.56 Å². The predicted octanol–water partition coefficient (Wildman–Crippen LogP) is 2.67. The van der Waals surface area contributed by atoms with E-state index >= 15 is 0 Å². The molecule has 0 fully saturated rings. The number of hydrogen-bond acceptors (Lipinski definition) is 4. The van der Waals surface area contributed by atoms with Crippen LogP contribution >= 0.6 is 11.6 Å². The summed E-state index contributed by atoms with van der Waals surface area (Å²) in [4.78, 5) is 25.4. The van der Waals surface area contributed by atoms with Crippen LogP contribution in [0, 0.1) is 0 Å². The molecule has 0 radical (unpaired) electrons. The number of fused-ring (bicyclic) bond motifs is 1. The third-order valence-corrected chi connectivity index (χ3v) is 5.28. The van der Waals surface area contributed by atoms with E-state index in [0.29, 0.717) is 29.2 Å². The summed E-state index contributed by atoms with van der Waals surface area (Å²) in [6.07, 6.45) is 3.80. The number of carbonyl (C=O) groups is 1. The second-order valence-corrected chi connectivity index (χ2v) is 7.54. The van der Waals surface area contributed by atoms with Gasteiger partial charge in [-0.25, -0.2) is 4.52 Å². The number of aliphatic hydroxyl groups is 1. The van der Waals surface area contributed by atoms with Crippen LogP contribution < -0.4 is 10.9 Å². The monoisotopic (exact) mass is 436 g/mol. The second kappa shape index (κ2) is 9.16. The Morgan fingerprint density at radius 3 is 2.52 bits per heavy atom. The lowest BCUT2D eigenvalue weighted by Crippen LogP contribution is -2.33. The summed E-state index contributed by atoms with van der Waals surface area (Å²) in [7, 11) is 0. The zero-order chi connectivity index (χ0) is 21.8. The lowest BCUT2D eigenvalue weighted by molar-refractivity contribution is -0.121. The maximum Gasteiger partial charge on any atom is 0.277 e. The Morgan fingerprint density at radius 1 is 1.06 bits per heavy atom. The standard InChI is InChI=1S/C23H21ClN4O3/c24-18-8-6-16(7-9-18)10-11-25-20(30)14-27-12-13-28-22(23(27)31)19(15-29)21(26-28)17-4-2-1-3-5-17/h1-9,12-13,29H,10-11,14-15H2,(H,25,30). The quantitative estimate of drug-likeness (QED) is 0.466. The number of halogens is 1. The van der Waals surface area contributed by atoms with Crippen molar-refractivity contribution < 1.29 is 9.90 Å². The van der Waals surface area contributed by atoms with Crippen molar-refractivity contribution in [3.05, 3.63) is 93.5 Å². The Hall–Kier alpha value is -3.42. The molecule has 2 heterocycles. The molecule has 158 valence electrons. The van der Waals surface area contributed by atoms with E-state index in [1.165, 1.54) is 15.3 Å². The highest BCUT2D eigenvalue weighted by Crippen LogP contribution is 2.24. The summed E-state index contributed by atoms with van der Waals surface area (Å²) >= 11 is 5.88. The molecule has 1 amide bonds. The normalized spacial score (nSPS) is 11.0. The zero-order valence-corrected chi connectivity index (χ0v) is 17.4. The number of carbonyl (C=O) groups excluding carboxylic acids is 1. The van der Waals surface area contributed by atoms with Crippen molar-refractivity contribution in [1.82, 2.24) is 19.5 Å². The van der Waals surface area contributed by atoms with Gasteiger partial charge in [-0.3, -0.25) is 9.59 Å². The van der Waals surface area contributed by atoms with Gasteiger partial charge in [-0.05, 0) is 24.1 Å². The molecule has 0 atom stereocenters. The van der Waals surface area contributed by atoms with Crippen molar-refractivity contribution in [2.75, 3.05) is 6.54 Å². The van der Waals surface area contributed by atoms with Crippen molar-refractivity contribution in [2.45, 2.75) is 19.6 Å². The van der Waals surface area contributed by atoms with E-state index in [2.05, 4.69) is 10.4 Å². The average Bonchev–Trinajstić information content (AvgIpc) is 3.17. The van der Waals surface area contributed by atoms with E-state index in [4.69, 9.17) is 11.6 Å². The van der Waals surface area contributed by atoms with Crippen molar-refractivity contribution in [2.24, 2.45) is 0 Å². The van der Waals surface area contributed by atoms with E-state index in [1.54, 1.807) is 6.20 Å². The van der Waals surface area contributed by atoms with E-state index in [9.17, 15) is 14.7 Å². The van der Waals surface area contributed by atoms with E-state index in [-0.39, 0.29) is 30.1 Å². The summed E-state index contributed by atoms with van der Waals surface area (Å²) in [6.45, 7) is -0.00285. The summed E-state index contributed by atoms with van der Waals surface area (Å²) in [5.41, 5.74) is 2.73. The number of aliphatic hydroxyl groups excluding tert-OH is 1. The molecule has 0 unspecified atom stereocenters. The molecule has 0 saturated heterocycles. The van der Waals surface area contributed by atoms with E-state index in [0.717, 1.165) is 11.1 Å². The highest BCUT2D eigenvalue weighted by atomic mass is 35.5. The highest BCUT2D eigenvalue weighted by Gasteiger charge is 2.18. The smallest absolute Gasteiger partial charge is 0.277 e.